The van der Waals surface area contributed by atoms with Crippen LogP contribution in [0.4, 0.5) is 4.79 Å². The fraction of sp³-hybridized carbons (Fsp3) is 0.400. The zero-order chi connectivity index (χ0) is 28.4. The number of ether oxygens (including phenoxy) is 1. The number of amides is 1. The van der Waals surface area contributed by atoms with Crippen molar-refractivity contribution in [3.63, 3.8) is 0 Å². The fourth-order valence-corrected chi connectivity index (χ4v) is 6.78. The van der Waals surface area contributed by atoms with Crippen LogP contribution in [-0.2, 0) is 27.4 Å². The summed E-state index contributed by atoms with van der Waals surface area (Å²) in [4.78, 5) is 27.0. The molecule has 1 saturated heterocycles. The average molecular weight is 552 g/mol. The van der Waals surface area contributed by atoms with Crippen molar-refractivity contribution in [3.8, 4) is 11.1 Å². The number of cyclic esters (lactones) is 1. The van der Waals surface area contributed by atoms with Gasteiger partial charge >= 0.3 is 6.09 Å². The molecule has 1 aromatic heterocycles. The quantitative estimate of drug-likeness (QED) is 0.411. The van der Waals surface area contributed by atoms with Gasteiger partial charge in [-0.15, -0.1) is 0 Å². The number of sulfonamides is 1. The lowest BCUT2D eigenvalue weighted by Crippen LogP contribution is -2.51. The smallest absolute Gasteiger partial charge is 0.411 e. The third-order valence-electron chi connectivity index (χ3n) is 7.51. The highest BCUT2D eigenvalue weighted by Gasteiger charge is 2.47. The highest BCUT2D eigenvalue weighted by molar-refractivity contribution is 7.89. The molecule has 208 valence electrons. The number of rotatable bonds is 9. The van der Waals surface area contributed by atoms with Crippen molar-refractivity contribution >= 4 is 16.1 Å². The van der Waals surface area contributed by atoms with Crippen molar-refractivity contribution in [2.45, 2.75) is 45.3 Å². The fourth-order valence-electron chi connectivity index (χ4n) is 5.50. The molecule has 0 unspecified atom stereocenters. The molecule has 8 nitrogen and oxygen atoms in total. The van der Waals surface area contributed by atoms with Gasteiger partial charge in [-0.1, -0.05) is 68.4 Å². The molecule has 0 saturated carbocycles. The minimum absolute atomic E-state index is 0.0637. The van der Waals surface area contributed by atoms with Crippen LogP contribution < -0.4 is 10.3 Å². The molecule has 0 spiro atoms. The van der Waals surface area contributed by atoms with Crippen LogP contribution in [0.3, 0.4) is 0 Å². The molecular weight excluding hydrogens is 514 g/mol. The Balaban J connectivity index is 1.56. The number of carbonyl (C=O) groups excluding carboxylic acids is 1. The molecule has 2 heterocycles. The molecule has 2 atom stereocenters. The number of hydrogen-bond donors (Lipinski definition) is 1. The lowest BCUT2D eigenvalue weighted by Gasteiger charge is -2.46. The van der Waals surface area contributed by atoms with E-state index in [1.54, 1.807) is 34.8 Å². The summed E-state index contributed by atoms with van der Waals surface area (Å²) in [6.45, 7) is 6.22. The number of aromatic nitrogens is 1. The Labute approximate surface area is 230 Å². The minimum atomic E-state index is -3.46. The summed E-state index contributed by atoms with van der Waals surface area (Å²) in [5.41, 5.74) is 2.09. The lowest BCUT2D eigenvalue weighted by atomic mass is 9.75. The third-order valence-corrected chi connectivity index (χ3v) is 9.29. The second kappa shape index (κ2) is 11.0. The summed E-state index contributed by atoms with van der Waals surface area (Å²) < 4.78 is 34.9. The summed E-state index contributed by atoms with van der Waals surface area (Å²) in [5, 5.41) is 0. The summed E-state index contributed by atoms with van der Waals surface area (Å²) in [7, 11) is -0.324. The molecule has 1 aliphatic rings. The topological polar surface area (TPSA) is 97.7 Å². The number of nitrogens with one attached hydrogen (secondary N) is 1. The highest BCUT2D eigenvalue weighted by atomic mass is 32.2. The molecule has 3 aromatic rings. The maximum atomic E-state index is 13.5. The van der Waals surface area contributed by atoms with Crippen LogP contribution >= 0.6 is 0 Å². The largest absolute Gasteiger partial charge is 0.438 e. The second-order valence-electron chi connectivity index (χ2n) is 11.1. The molecule has 1 fully saturated rings. The molecule has 0 radical (unpaired) electrons. The summed E-state index contributed by atoms with van der Waals surface area (Å²) >= 11 is 0. The molecule has 2 aromatic carbocycles. The Morgan fingerprint density at radius 3 is 2.23 bits per heavy atom. The van der Waals surface area contributed by atoms with Crippen LogP contribution in [0.1, 0.15) is 50.8 Å². The minimum Gasteiger partial charge on any atom is -0.438 e. The SMILES string of the molecule is CNS(=O)(=O)CC(C)(C)C[C@@]1(c2ccccc2)CCN([C@@H](C)c2ccc(-c3ccc(=O)n(C)c3)cc2)C(=O)O1. The molecule has 39 heavy (non-hydrogen) atoms. The van der Waals surface area contributed by atoms with E-state index in [9.17, 15) is 18.0 Å². The molecule has 1 N–H and O–H groups in total. The van der Waals surface area contributed by atoms with Gasteiger partial charge in [0.25, 0.3) is 0 Å². The van der Waals surface area contributed by atoms with Crippen molar-refractivity contribution in [2.75, 3.05) is 19.3 Å². The van der Waals surface area contributed by atoms with Gasteiger partial charge < -0.3 is 14.2 Å². The first-order valence-electron chi connectivity index (χ1n) is 13.1. The maximum absolute atomic E-state index is 13.5. The van der Waals surface area contributed by atoms with Crippen LogP contribution in [0.5, 0.6) is 0 Å². The number of aryl methyl sites for hydroxylation is 1. The third kappa shape index (κ3) is 6.42. The first kappa shape index (κ1) is 28.6. The van der Waals surface area contributed by atoms with E-state index in [-0.39, 0.29) is 17.4 Å². The zero-order valence-corrected chi connectivity index (χ0v) is 24.0. The second-order valence-corrected chi connectivity index (χ2v) is 13.1. The Morgan fingerprint density at radius 1 is 1.00 bits per heavy atom. The van der Waals surface area contributed by atoms with Gasteiger partial charge in [-0.05, 0) is 54.1 Å². The van der Waals surface area contributed by atoms with Gasteiger partial charge in [0.15, 0.2) is 0 Å². The van der Waals surface area contributed by atoms with Gasteiger partial charge in [-0.3, -0.25) is 4.79 Å². The monoisotopic (exact) mass is 551 g/mol. The number of carbonyl (C=O) groups is 1. The number of hydrogen-bond acceptors (Lipinski definition) is 5. The predicted molar refractivity (Wildman–Crippen MR) is 153 cm³/mol. The highest BCUT2D eigenvalue weighted by Crippen LogP contribution is 2.45. The molecule has 0 bridgehead atoms. The van der Waals surface area contributed by atoms with E-state index in [1.807, 2.05) is 75.4 Å². The lowest BCUT2D eigenvalue weighted by molar-refractivity contribution is -0.0802. The van der Waals surface area contributed by atoms with Crippen molar-refractivity contribution in [1.82, 2.24) is 14.2 Å². The maximum Gasteiger partial charge on any atom is 0.411 e. The van der Waals surface area contributed by atoms with Crippen molar-refractivity contribution in [1.29, 1.82) is 0 Å². The van der Waals surface area contributed by atoms with Crippen molar-refractivity contribution in [2.24, 2.45) is 12.5 Å². The van der Waals surface area contributed by atoms with Gasteiger partial charge in [0.2, 0.25) is 15.6 Å². The Kier molecular flexibility index (Phi) is 8.04. The Morgan fingerprint density at radius 2 is 1.64 bits per heavy atom. The number of benzene rings is 2. The Bertz CT molecular complexity index is 1480. The van der Waals surface area contributed by atoms with Gasteiger partial charge in [0.05, 0.1) is 11.8 Å². The van der Waals surface area contributed by atoms with Crippen LogP contribution in [-0.4, -0.2) is 43.3 Å². The first-order valence-corrected chi connectivity index (χ1v) is 14.7. The van der Waals surface area contributed by atoms with Crippen LogP contribution in [0.2, 0.25) is 0 Å². The van der Waals surface area contributed by atoms with Gasteiger partial charge in [-0.2, -0.15) is 0 Å². The molecule has 1 aliphatic heterocycles. The van der Waals surface area contributed by atoms with E-state index in [0.717, 1.165) is 22.3 Å². The van der Waals surface area contributed by atoms with Crippen molar-refractivity contribution in [3.05, 3.63) is 94.4 Å². The van der Waals surface area contributed by atoms with Gasteiger partial charge in [-0.25, -0.2) is 17.9 Å². The van der Waals surface area contributed by atoms with E-state index >= 15 is 0 Å². The van der Waals surface area contributed by atoms with Crippen LogP contribution in [0, 0.1) is 5.41 Å². The molecule has 4 rings (SSSR count). The Hall–Kier alpha value is -3.43. The van der Waals surface area contributed by atoms with Crippen LogP contribution in [0.15, 0.2) is 77.7 Å². The molecule has 1 amide bonds. The summed E-state index contributed by atoms with van der Waals surface area (Å²) in [5.74, 6) is -0.0787. The van der Waals surface area contributed by atoms with E-state index in [1.165, 1.54) is 7.05 Å². The summed E-state index contributed by atoms with van der Waals surface area (Å²) in [6.07, 6.45) is 2.28. The number of pyridine rings is 1. The normalized spacial score (nSPS) is 19.0. The first-order chi connectivity index (χ1) is 18.3. The van der Waals surface area contributed by atoms with Crippen LogP contribution in [0.25, 0.3) is 11.1 Å². The van der Waals surface area contributed by atoms with E-state index in [0.29, 0.717) is 19.4 Å². The zero-order valence-electron chi connectivity index (χ0n) is 23.2. The molecular formula is C30H37N3O5S. The summed E-state index contributed by atoms with van der Waals surface area (Å²) in [6, 6.07) is 20.7. The molecule has 0 aliphatic carbocycles. The van der Waals surface area contributed by atoms with E-state index in [4.69, 9.17) is 4.74 Å². The van der Waals surface area contributed by atoms with E-state index < -0.39 is 27.1 Å². The molecule has 9 heteroatoms. The van der Waals surface area contributed by atoms with E-state index in [2.05, 4.69) is 4.72 Å². The average Bonchev–Trinajstić information content (AvgIpc) is 2.90. The predicted octanol–water partition coefficient (Wildman–Crippen LogP) is 4.82. The van der Waals surface area contributed by atoms with Crippen molar-refractivity contribution < 1.29 is 17.9 Å². The standard InChI is InChI=1S/C30H37N3O5S/c1-22(23-11-13-24(14-12-23)25-15-16-27(34)32(5)19-25)33-18-17-30(38-28(33)35,26-9-7-6-8-10-26)20-29(2,3)21-39(36,37)31-4/h6-16,19,22,31H,17-18,20-21H2,1-5H3/t22-,30+/m0/s1. The van der Waals surface area contributed by atoms with Gasteiger partial charge in [0.1, 0.15) is 5.60 Å². The number of nitrogens with zero attached hydrogens (tertiary/aromatic N) is 2. The van der Waals surface area contributed by atoms with Gasteiger partial charge in [0, 0.05) is 32.3 Å².